The summed E-state index contributed by atoms with van der Waals surface area (Å²) in [5.41, 5.74) is 0.973. The van der Waals surface area contributed by atoms with E-state index < -0.39 is 12.1 Å². The highest BCUT2D eigenvalue weighted by atomic mass is 16.5. The van der Waals surface area contributed by atoms with Crippen LogP contribution >= 0.6 is 0 Å². The lowest BCUT2D eigenvalue weighted by molar-refractivity contribution is -0.130. The zero-order valence-electron chi connectivity index (χ0n) is 11.9. The fraction of sp³-hybridized carbons (Fsp3) is 0.235. The predicted octanol–water partition coefficient (Wildman–Crippen LogP) is 2.26. The van der Waals surface area contributed by atoms with Gasteiger partial charge in [-0.05, 0) is 25.0 Å². The largest absolute Gasteiger partial charge is 0.444 e. The van der Waals surface area contributed by atoms with Crippen LogP contribution in [0.25, 0.3) is 0 Å². The third-order valence-electron chi connectivity index (χ3n) is 3.39. The maximum Gasteiger partial charge on any atom is 0.340 e. The van der Waals surface area contributed by atoms with Crippen molar-refractivity contribution in [2.24, 2.45) is 0 Å². The maximum atomic E-state index is 12.4. The van der Waals surface area contributed by atoms with E-state index >= 15 is 0 Å². The summed E-state index contributed by atoms with van der Waals surface area (Å²) in [5, 5.41) is 2.88. The zero-order chi connectivity index (χ0) is 15.4. The van der Waals surface area contributed by atoms with Gasteiger partial charge in [0, 0.05) is 24.0 Å². The van der Waals surface area contributed by atoms with E-state index in [1.54, 1.807) is 30.5 Å². The van der Waals surface area contributed by atoms with Gasteiger partial charge in [-0.1, -0.05) is 30.3 Å². The zero-order valence-corrected chi connectivity index (χ0v) is 11.9. The van der Waals surface area contributed by atoms with E-state index in [0.29, 0.717) is 11.1 Å². The number of ether oxygens (including phenoxy) is 1. The van der Waals surface area contributed by atoms with Gasteiger partial charge in [0.15, 0.2) is 0 Å². The average molecular weight is 296 g/mol. The molecule has 5 heteroatoms. The molecular formula is C17H16N2O3. The maximum absolute atomic E-state index is 12.4. The second kappa shape index (κ2) is 6.39. The first-order valence-corrected chi connectivity index (χ1v) is 7.20. The minimum atomic E-state index is -0.950. The van der Waals surface area contributed by atoms with E-state index in [4.69, 9.17) is 4.74 Å². The summed E-state index contributed by atoms with van der Waals surface area (Å²) in [4.78, 5) is 28.4. The molecule has 1 atom stereocenters. The smallest absolute Gasteiger partial charge is 0.340 e. The monoisotopic (exact) mass is 296 g/mol. The molecule has 112 valence electrons. The number of benzene rings is 1. The summed E-state index contributed by atoms with van der Waals surface area (Å²) >= 11 is 0. The van der Waals surface area contributed by atoms with Crippen LogP contribution in [0.15, 0.2) is 54.9 Å². The van der Waals surface area contributed by atoms with Crippen molar-refractivity contribution in [1.82, 2.24) is 10.3 Å². The van der Waals surface area contributed by atoms with Crippen LogP contribution in [0.3, 0.4) is 0 Å². The van der Waals surface area contributed by atoms with Crippen LogP contribution in [0.1, 0.15) is 34.9 Å². The first kappa shape index (κ1) is 14.3. The third kappa shape index (κ3) is 3.49. The molecule has 2 aromatic rings. The van der Waals surface area contributed by atoms with Gasteiger partial charge in [-0.3, -0.25) is 9.78 Å². The molecule has 1 amide bonds. The molecule has 1 aliphatic carbocycles. The van der Waals surface area contributed by atoms with Crippen LogP contribution in [0.2, 0.25) is 0 Å². The highest BCUT2D eigenvalue weighted by Gasteiger charge is 2.31. The Labute approximate surface area is 128 Å². The van der Waals surface area contributed by atoms with Gasteiger partial charge < -0.3 is 10.1 Å². The summed E-state index contributed by atoms with van der Waals surface area (Å²) in [7, 11) is 0. The highest BCUT2D eigenvalue weighted by Crippen LogP contribution is 2.23. The summed E-state index contributed by atoms with van der Waals surface area (Å²) in [6, 6.07) is 12.5. The van der Waals surface area contributed by atoms with Gasteiger partial charge in [0.1, 0.15) is 0 Å². The number of rotatable bonds is 5. The van der Waals surface area contributed by atoms with E-state index in [1.807, 2.05) is 18.2 Å². The second-order valence-corrected chi connectivity index (χ2v) is 5.22. The van der Waals surface area contributed by atoms with Gasteiger partial charge in [-0.15, -0.1) is 0 Å². The quantitative estimate of drug-likeness (QED) is 0.859. The molecule has 3 rings (SSSR count). The number of pyridine rings is 1. The van der Waals surface area contributed by atoms with Crippen molar-refractivity contribution < 1.29 is 14.3 Å². The van der Waals surface area contributed by atoms with Gasteiger partial charge in [-0.2, -0.15) is 0 Å². The number of hydrogen-bond donors (Lipinski definition) is 1. The number of amides is 1. The molecule has 1 unspecified atom stereocenters. The number of hydrogen-bond acceptors (Lipinski definition) is 4. The van der Waals surface area contributed by atoms with Crippen molar-refractivity contribution in [2.75, 3.05) is 0 Å². The first-order chi connectivity index (χ1) is 10.7. The molecule has 5 nitrogen and oxygen atoms in total. The molecule has 1 aromatic carbocycles. The normalized spacial score (nSPS) is 14.9. The second-order valence-electron chi connectivity index (χ2n) is 5.22. The molecule has 1 aromatic heterocycles. The van der Waals surface area contributed by atoms with Crippen molar-refractivity contribution in [2.45, 2.75) is 25.0 Å². The molecule has 1 heterocycles. The fourth-order valence-electron chi connectivity index (χ4n) is 2.06. The van der Waals surface area contributed by atoms with Crippen molar-refractivity contribution in [3.8, 4) is 0 Å². The van der Waals surface area contributed by atoms with E-state index in [-0.39, 0.29) is 11.9 Å². The van der Waals surface area contributed by atoms with Gasteiger partial charge >= 0.3 is 5.97 Å². The molecule has 1 fully saturated rings. The van der Waals surface area contributed by atoms with Crippen LogP contribution in [0.5, 0.6) is 0 Å². The van der Waals surface area contributed by atoms with Gasteiger partial charge in [0.2, 0.25) is 6.10 Å². The number of esters is 1. The van der Waals surface area contributed by atoms with Gasteiger partial charge in [0.25, 0.3) is 5.91 Å². The summed E-state index contributed by atoms with van der Waals surface area (Å²) in [5.74, 6) is -0.848. The molecular weight excluding hydrogens is 280 g/mol. The van der Waals surface area contributed by atoms with Crippen molar-refractivity contribution in [1.29, 1.82) is 0 Å². The lowest BCUT2D eigenvalue weighted by Crippen LogP contribution is -2.33. The Morgan fingerprint density at radius 3 is 2.55 bits per heavy atom. The predicted molar refractivity (Wildman–Crippen MR) is 80.0 cm³/mol. The lowest BCUT2D eigenvalue weighted by atomic mass is 10.1. The van der Waals surface area contributed by atoms with Gasteiger partial charge in [-0.25, -0.2) is 4.79 Å². The minimum Gasteiger partial charge on any atom is -0.444 e. The number of nitrogens with zero attached hydrogens (tertiary/aromatic N) is 1. The summed E-state index contributed by atoms with van der Waals surface area (Å²) < 4.78 is 5.42. The Hall–Kier alpha value is -2.69. The Balaban J connectivity index is 1.79. The van der Waals surface area contributed by atoms with E-state index in [1.165, 1.54) is 6.20 Å². The molecule has 22 heavy (non-hydrogen) atoms. The number of carbonyl (C=O) groups is 2. The standard InChI is InChI=1S/C17H16N2O3/c20-16(19-14-8-9-14)15(12-5-2-1-3-6-12)22-17(21)13-7-4-10-18-11-13/h1-7,10-11,14-15H,8-9H2,(H,19,20). The van der Waals surface area contributed by atoms with E-state index in [9.17, 15) is 9.59 Å². The van der Waals surface area contributed by atoms with Crippen LogP contribution in [-0.4, -0.2) is 22.9 Å². The van der Waals surface area contributed by atoms with Crippen molar-refractivity contribution in [3.63, 3.8) is 0 Å². The summed E-state index contributed by atoms with van der Waals surface area (Å²) in [6.45, 7) is 0. The van der Waals surface area contributed by atoms with Crippen LogP contribution in [0.4, 0.5) is 0 Å². The lowest BCUT2D eigenvalue weighted by Gasteiger charge is -2.17. The van der Waals surface area contributed by atoms with Crippen molar-refractivity contribution in [3.05, 3.63) is 66.0 Å². The van der Waals surface area contributed by atoms with Crippen LogP contribution < -0.4 is 5.32 Å². The molecule has 0 spiro atoms. The molecule has 1 saturated carbocycles. The Bertz CT molecular complexity index is 654. The molecule has 1 N–H and O–H groups in total. The van der Waals surface area contributed by atoms with Crippen molar-refractivity contribution >= 4 is 11.9 Å². The van der Waals surface area contributed by atoms with E-state index in [0.717, 1.165) is 12.8 Å². The average Bonchev–Trinajstić information content (AvgIpc) is 3.38. The molecule has 1 aliphatic rings. The molecule has 0 aliphatic heterocycles. The fourth-order valence-corrected chi connectivity index (χ4v) is 2.06. The van der Waals surface area contributed by atoms with Crippen LogP contribution in [-0.2, 0) is 9.53 Å². The number of nitrogens with one attached hydrogen (secondary N) is 1. The number of aromatic nitrogens is 1. The molecule has 0 saturated heterocycles. The number of carbonyl (C=O) groups excluding carboxylic acids is 2. The van der Waals surface area contributed by atoms with Crippen LogP contribution in [0, 0.1) is 0 Å². The Kier molecular flexibility index (Phi) is 4.14. The molecule has 0 radical (unpaired) electrons. The first-order valence-electron chi connectivity index (χ1n) is 7.20. The summed E-state index contributed by atoms with van der Waals surface area (Å²) in [6.07, 6.45) is 4.00. The molecule has 0 bridgehead atoms. The topological polar surface area (TPSA) is 68.3 Å². The van der Waals surface area contributed by atoms with E-state index in [2.05, 4.69) is 10.3 Å². The Morgan fingerprint density at radius 2 is 1.91 bits per heavy atom. The SMILES string of the molecule is O=C(OC(C(=O)NC1CC1)c1ccccc1)c1cccnc1. The van der Waals surface area contributed by atoms with Gasteiger partial charge in [0.05, 0.1) is 5.56 Å². The third-order valence-corrected chi connectivity index (χ3v) is 3.39. The Morgan fingerprint density at radius 1 is 1.14 bits per heavy atom. The highest BCUT2D eigenvalue weighted by molar-refractivity contribution is 5.92. The minimum absolute atomic E-state index is 0.204.